The second kappa shape index (κ2) is 9.21. The van der Waals surface area contributed by atoms with Crippen LogP contribution in [0, 0.1) is 20.8 Å². The van der Waals surface area contributed by atoms with Gasteiger partial charge in [-0.3, -0.25) is 9.59 Å². The van der Waals surface area contributed by atoms with Gasteiger partial charge in [-0.2, -0.15) is 0 Å². The number of ether oxygens (including phenoxy) is 1. The summed E-state index contributed by atoms with van der Waals surface area (Å²) >= 11 is 0. The van der Waals surface area contributed by atoms with Crippen LogP contribution >= 0.6 is 0 Å². The molecule has 0 saturated carbocycles. The third-order valence-corrected chi connectivity index (χ3v) is 6.27. The second-order valence-corrected chi connectivity index (χ2v) is 9.09. The van der Waals surface area contributed by atoms with E-state index >= 15 is 0 Å². The topological polar surface area (TPSA) is 76.1 Å². The average Bonchev–Trinajstić information content (AvgIpc) is 3.14. The summed E-state index contributed by atoms with van der Waals surface area (Å²) in [7, 11) is 1.64. The highest BCUT2D eigenvalue weighted by Gasteiger charge is 2.19. The summed E-state index contributed by atoms with van der Waals surface area (Å²) < 4.78 is 7.49. The number of aromatic nitrogens is 2. The first kappa shape index (κ1) is 23.4. The molecule has 1 amide bonds. The minimum Gasteiger partial charge on any atom is -0.497 e. The highest BCUT2D eigenvalue weighted by molar-refractivity contribution is 6.09. The fourth-order valence-corrected chi connectivity index (χ4v) is 4.51. The molecule has 6 nitrogen and oxygen atoms in total. The van der Waals surface area contributed by atoms with E-state index in [-0.39, 0.29) is 24.1 Å². The van der Waals surface area contributed by atoms with Crippen molar-refractivity contribution in [3.05, 3.63) is 87.0 Å². The molecule has 34 heavy (non-hydrogen) atoms. The van der Waals surface area contributed by atoms with Gasteiger partial charge in [-0.25, -0.2) is 0 Å². The van der Waals surface area contributed by atoms with Crippen LogP contribution < -0.4 is 15.6 Å². The van der Waals surface area contributed by atoms with Crippen LogP contribution in [0.5, 0.6) is 5.75 Å². The smallest absolute Gasteiger partial charge is 0.253 e. The first-order chi connectivity index (χ1) is 16.2. The van der Waals surface area contributed by atoms with Crippen LogP contribution in [0.4, 0.5) is 0 Å². The number of pyridine rings is 1. The standard InChI is InChI=1S/C28H31N3O3/c1-16(2)31-15-18(4)26-23(27(32)29-14-24-17(3)11-19(5)30-28(24)33)12-21(13-25(26)31)20-7-9-22(34-6)10-8-20/h7-13,15-16H,14H2,1-6H3,(H,29,32)(H,30,33). The summed E-state index contributed by atoms with van der Waals surface area (Å²) in [6, 6.07) is 14.0. The van der Waals surface area contributed by atoms with Crippen molar-refractivity contribution >= 4 is 16.8 Å². The number of methoxy groups -OCH3 is 1. The molecule has 2 aromatic heterocycles. The summed E-state index contributed by atoms with van der Waals surface area (Å²) in [6.45, 7) is 10.2. The molecule has 2 heterocycles. The zero-order valence-corrected chi connectivity index (χ0v) is 20.6. The molecule has 176 valence electrons. The Morgan fingerprint density at radius 1 is 1.03 bits per heavy atom. The third kappa shape index (κ3) is 4.36. The zero-order valence-electron chi connectivity index (χ0n) is 20.6. The number of hydrogen-bond acceptors (Lipinski definition) is 3. The Labute approximate surface area is 199 Å². The van der Waals surface area contributed by atoms with E-state index in [0.29, 0.717) is 11.1 Å². The molecule has 0 bridgehead atoms. The average molecular weight is 458 g/mol. The molecule has 2 aromatic carbocycles. The SMILES string of the molecule is COc1ccc(-c2cc(C(=O)NCc3c(C)cc(C)[nH]c3=O)c3c(C)cn(C(C)C)c3c2)cc1. The molecule has 0 aliphatic carbocycles. The van der Waals surface area contributed by atoms with E-state index in [1.165, 1.54) is 0 Å². The van der Waals surface area contributed by atoms with Gasteiger partial charge in [-0.1, -0.05) is 12.1 Å². The Balaban J connectivity index is 1.80. The van der Waals surface area contributed by atoms with Gasteiger partial charge in [0.1, 0.15) is 5.75 Å². The third-order valence-electron chi connectivity index (χ3n) is 6.27. The number of fused-ring (bicyclic) bond motifs is 1. The molecular weight excluding hydrogens is 426 g/mol. The van der Waals surface area contributed by atoms with Gasteiger partial charge in [0.25, 0.3) is 11.5 Å². The molecule has 0 unspecified atom stereocenters. The van der Waals surface area contributed by atoms with Gasteiger partial charge in [-0.15, -0.1) is 0 Å². The van der Waals surface area contributed by atoms with Gasteiger partial charge in [0.15, 0.2) is 0 Å². The Morgan fingerprint density at radius 3 is 2.35 bits per heavy atom. The predicted molar refractivity (Wildman–Crippen MR) is 137 cm³/mol. The number of rotatable bonds is 6. The van der Waals surface area contributed by atoms with E-state index in [4.69, 9.17) is 4.74 Å². The summed E-state index contributed by atoms with van der Waals surface area (Å²) in [5.41, 5.74) is 6.66. The monoisotopic (exact) mass is 457 g/mol. The number of nitrogens with zero attached hydrogens (tertiary/aromatic N) is 1. The number of hydrogen-bond donors (Lipinski definition) is 2. The molecule has 0 radical (unpaired) electrons. The number of aryl methyl sites for hydroxylation is 3. The molecule has 0 aliphatic heterocycles. The zero-order chi connectivity index (χ0) is 24.6. The lowest BCUT2D eigenvalue weighted by Gasteiger charge is -2.14. The van der Waals surface area contributed by atoms with Crippen LogP contribution in [0.25, 0.3) is 22.0 Å². The molecule has 0 fully saturated rings. The van der Waals surface area contributed by atoms with Gasteiger partial charge < -0.3 is 19.6 Å². The van der Waals surface area contributed by atoms with Crippen molar-refractivity contribution in [3.63, 3.8) is 0 Å². The largest absolute Gasteiger partial charge is 0.497 e. The molecule has 0 atom stereocenters. The van der Waals surface area contributed by atoms with Crippen LogP contribution in [0.1, 0.15) is 52.6 Å². The highest BCUT2D eigenvalue weighted by atomic mass is 16.5. The molecule has 4 aromatic rings. The first-order valence-corrected chi connectivity index (χ1v) is 11.5. The lowest BCUT2D eigenvalue weighted by molar-refractivity contribution is 0.0952. The fraction of sp³-hybridized carbons (Fsp3) is 0.286. The van der Waals surface area contributed by atoms with Crippen molar-refractivity contribution in [1.29, 1.82) is 0 Å². The highest BCUT2D eigenvalue weighted by Crippen LogP contribution is 2.33. The van der Waals surface area contributed by atoms with E-state index in [9.17, 15) is 9.59 Å². The van der Waals surface area contributed by atoms with E-state index < -0.39 is 0 Å². The van der Waals surface area contributed by atoms with Crippen LogP contribution in [-0.2, 0) is 6.54 Å². The van der Waals surface area contributed by atoms with Crippen LogP contribution in [-0.4, -0.2) is 22.6 Å². The molecule has 0 aliphatic rings. The number of carbonyl (C=O) groups excluding carboxylic acids is 1. The number of benzene rings is 2. The first-order valence-electron chi connectivity index (χ1n) is 11.5. The minimum absolute atomic E-state index is 0.165. The number of aromatic amines is 1. The quantitative estimate of drug-likeness (QED) is 0.405. The Morgan fingerprint density at radius 2 is 1.74 bits per heavy atom. The van der Waals surface area contributed by atoms with Gasteiger partial charge >= 0.3 is 0 Å². The molecule has 0 spiro atoms. The maximum Gasteiger partial charge on any atom is 0.253 e. The number of carbonyl (C=O) groups is 1. The van der Waals surface area contributed by atoms with E-state index in [1.54, 1.807) is 7.11 Å². The molecule has 4 rings (SSSR count). The van der Waals surface area contributed by atoms with Gasteiger partial charge in [0, 0.05) is 46.5 Å². The van der Waals surface area contributed by atoms with Crippen molar-refractivity contribution in [2.45, 2.75) is 47.2 Å². The lowest BCUT2D eigenvalue weighted by Crippen LogP contribution is -2.28. The van der Waals surface area contributed by atoms with E-state index in [0.717, 1.165) is 44.6 Å². The van der Waals surface area contributed by atoms with Gasteiger partial charge in [0.2, 0.25) is 0 Å². The van der Waals surface area contributed by atoms with Crippen LogP contribution in [0.2, 0.25) is 0 Å². The van der Waals surface area contributed by atoms with E-state index in [2.05, 4.69) is 41.0 Å². The Kier molecular flexibility index (Phi) is 6.33. The maximum absolute atomic E-state index is 13.5. The predicted octanol–water partition coefficient (Wildman–Crippen LogP) is 5.44. The van der Waals surface area contributed by atoms with Crippen LogP contribution in [0.15, 0.2) is 53.5 Å². The minimum atomic E-state index is -0.204. The molecular formula is C28H31N3O3. The number of nitrogens with one attached hydrogen (secondary N) is 2. The van der Waals surface area contributed by atoms with Crippen molar-refractivity contribution in [2.24, 2.45) is 0 Å². The van der Waals surface area contributed by atoms with Crippen molar-refractivity contribution in [2.75, 3.05) is 7.11 Å². The second-order valence-electron chi connectivity index (χ2n) is 9.09. The summed E-state index contributed by atoms with van der Waals surface area (Å²) in [6.07, 6.45) is 2.10. The van der Waals surface area contributed by atoms with Crippen molar-refractivity contribution in [1.82, 2.24) is 14.9 Å². The molecule has 6 heteroatoms. The maximum atomic E-state index is 13.5. The normalized spacial score (nSPS) is 11.3. The van der Waals surface area contributed by atoms with E-state index in [1.807, 2.05) is 57.2 Å². The van der Waals surface area contributed by atoms with Gasteiger partial charge in [0.05, 0.1) is 7.11 Å². The Hall–Kier alpha value is -3.80. The van der Waals surface area contributed by atoms with Crippen LogP contribution in [0.3, 0.4) is 0 Å². The molecule has 0 saturated heterocycles. The summed E-state index contributed by atoms with van der Waals surface area (Å²) in [5.74, 6) is 0.576. The fourth-order valence-electron chi connectivity index (χ4n) is 4.51. The number of amides is 1. The summed E-state index contributed by atoms with van der Waals surface area (Å²) in [5, 5.41) is 3.91. The summed E-state index contributed by atoms with van der Waals surface area (Å²) in [4.78, 5) is 28.7. The van der Waals surface area contributed by atoms with Crippen molar-refractivity contribution < 1.29 is 9.53 Å². The van der Waals surface area contributed by atoms with Gasteiger partial charge in [-0.05, 0) is 87.2 Å². The molecule has 2 N–H and O–H groups in total. The Bertz CT molecular complexity index is 1430. The van der Waals surface area contributed by atoms with Crippen molar-refractivity contribution in [3.8, 4) is 16.9 Å². The lowest BCUT2D eigenvalue weighted by atomic mass is 9.98. The number of H-pyrrole nitrogens is 1.